The molecule has 19 heavy (non-hydrogen) atoms. The summed E-state index contributed by atoms with van der Waals surface area (Å²) >= 11 is 0. The summed E-state index contributed by atoms with van der Waals surface area (Å²) in [4.78, 5) is 0. The predicted octanol–water partition coefficient (Wildman–Crippen LogP) is 4.28. The molecule has 0 spiro atoms. The van der Waals surface area contributed by atoms with Crippen molar-refractivity contribution in [2.75, 3.05) is 13.2 Å². The molecule has 0 heterocycles. The first-order valence-electron chi connectivity index (χ1n) is 6.27. The smallest absolute Gasteiger partial charge is 0.130 e. The van der Waals surface area contributed by atoms with E-state index in [1.165, 1.54) is 0 Å². The molecule has 0 radical (unpaired) electrons. The minimum atomic E-state index is 0.496. The molecule has 2 heteroatoms. The van der Waals surface area contributed by atoms with E-state index in [9.17, 15) is 0 Å². The zero-order chi connectivity index (χ0) is 13.7. The zero-order valence-electron chi connectivity index (χ0n) is 11.2. The maximum absolute atomic E-state index is 5.76. The normalized spacial score (nSPS) is 10.2. The van der Waals surface area contributed by atoms with Gasteiger partial charge in [0.2, 0.25) is 0 Å². The highest BCUT2D eigenvalue weighted by atomic mass is 16.5. The minimum Gasteiger partial charge on any atom is -0.489 e. The third kappa shape index (κ3) is 2.79. The number of hydrogen-bond donors (Lipinski definition) is 0. The zero-order valence-corrected chi connectivity index (χ0v) is 11.2. The summed E-state index contributed by atoms with van der Waals surface area (Å²) in [6.45, 7) is 10.4. The number of ether oxygens (including phenoxy) is 2. The standard InChI is InChI=1S/C17H18O2/c1-4-10-18-16-12-13(3)17(19-11-5-2)15-9-7-6-8-14(15)16/h4-9,12H,1-2,10-11H2,3H3. The third-order valence-corrected chi connectivity index (χ3v) is 2.85. The van der Waals surface area contributed by atoms with Gasteiger partial charge in [-0.25, -0.2) is 0 Å². The Morgan fingerprint density at radius 3 is 2.32 bits per heavy atom. The van der Waals surface area contributed by atoms with Crippen LogP contribution in [0.5, 0.6) is 11.5 Å². The Labute approximate surface area is 114 Å². The Balaban J connectivity index is 2.55. The summed E-state index contributed by atoms with van der Waals surface area (Å²) in [5, 5.41) is 2.11. The van der Waals surface area contributed by atoms with Crippen LogP contribution >= 0.6 is 0 Å². The first kappa shape index (κ1) is 13.2. The fourth-order valence-corrected chi connectivity index (χ4v) is 2.05. The fourth-order valence-electron chi connectivity index (χ4n) is 2.05. The van der Waals surface area contributed by atoms with Crippen LogP contribution < -0.4 is 9.47 Å². The molecule has 0 aliphatic heterocycles. The van der Waals surface area contributed by atoms with Gasteiger partial charge in [0.1, 0.15) is 24.7 Å². The fraction of sp³-hybridized carbons (Fsp3) is 0.176. The molecule has 0 aliphatic rings. The number of benzene rings is 2. The highest BCUT2D eigenvalue weighted by Crippen LogP contribution is 2.36. The van der Waals surface area contributed by atoms with Crippen molar-refractivity contribution in [1.29, 1.82) is 0 Å². The molecule has 2 rings (SSSR count). The molecule has 2 nitrogen and oxygen atoms in total. The molecule has 0 aromatic heterocycles. The lowest BCUT2D eigenvalue weighted by atomic mass is 10.0. The molecule has 0 saturated carbocycles. The minimum absolute atomic E-state index is 0.496. The Morgan fingerprint density at radius 2 is 1.63 bits per heavy atom. The highest BCUT2D eigenvalue weighted by Gasteiger charge is 2.10. The lowest BCUT2D eigenvalue weighted by Gasteiger charge is -2.15. The number of aryl methyl sites for hydroxylation is 1. The molecule has 0 unspecified atom stereocenters. The van der Waals surface area contributed by atoms with Crippen LogP contribution in [0.4, 0.5) is 0 Å². The van der Waals surface area contributed by atoms with E-state index in [2.05, 4.69) is 13.2 Å². The Morgan fingerprint density at radius 1 is 1.00 bits per heavy atom. The molecule has 0 fully saturated rings. The molecule has 0 N–H and O–H groups in total. The Kier molecular flexibility index (Phi) is 4.24. The summed E-state index contributed by atoms with van der Waals surface area (Å²) in [6.07, 6.45) is 3.49. The quantitative estimate of drug-likeness (QED) is 0.716. The maximum atomic E-state index is 5.76. The van der Waals surface area contributed by atoms with Crippen molar-refractivity contribution in [3.05, 3.63) is 61.2 Å². The largest absolute Gasteiger partial charge is 0.489 e. The number of rotatable bonds is 6. The van der Waals surface area contributed by atoms with Crippen molar-refractivity contribution in [2.45, 2.75) is 6.92 Å². The van der Waals surface area contributed by atoms with Crippen molar-refractivity contribution >= 4 is 10.8 Å². The van der Waals surface area contributed by atoms with Gasteiger partial charge < -0.3 is 9.47 Å². The lowest BCUT2D eigenvalue weighted by molar-refractivity contribution is 0.357. The summed E-state index contributed by atoms with van der Waals surface area (Å²) in [5.41, 5.74) is 1.06. The van der Waals surface area contributed by atoms with E-state index in [1.807, 2.05) is 37.3 Å². The van der Waals surface area contributed by atoms with Crippen molar-refractivity contribution in [3.63, 3.8) is 0 Å². The first-order chi connectivity index (χ1) is 9.27. The maximum Gasteiger partial charge on any atom is 0.130 e. The SMILES string of the molecule is C=CCOc1cc(C)c(OCC=C)c2ccccc12. The van der Waals surface area contributed by atoms with Gasteiger partial charge in [0.15, 0.2) is 0 Å². The monoisotopic (exact) mass is 254 g/mol. The second-order valence-electron chi connectivity index (χ2n) is 4.27. The van der Waals surface area contributed by atoms with Crippen molar-refractivity contribution in [2.24, 2.45) is 0 Å². The van der Waals surface area contributed by atoms with E-state index in [1.54, 1.807) is 12.2 Å². The molecule has 0 amide bonds. The molecule has 98 valence electrons. The van der Waals surface area contributed by atoms with Crippen LogP contribution in [0.25, 0.3) is 10.8 Å². The van der Waals surface area contributed by atoms with Gasteiger partial charge in [-0.15, -0.1) is 0 Å². The van der Waals surface area contributed by atoms with Crippen molar-refractivity contribution in [3.8, 4) is 11.5 Å². The van der Waals surface area contributed by atoms with Crippen LogP contribution in [-0.2, 0) is 0 Å². The highest BCUT2D eigenvalue weighted by molar-refractivity contribution is 5.94. The molecule has 2 aromatic rings. The summed E-state index contributed by atoms with van der Waals surface area (Å²) in [6, 6.07) is 10.1. The van der Waals surface area contributed by atoms with Crippen molar-refractivity contribution in [1.82, 2.24) is 0 Å². The van der Waals surface area contributed by atoms with E-state index >= 15 is 0 Å². The van der Waals surface area contributed by atoms with E-state index in [-0.39, 0.29) is 0 Å². The van der Waals surface area contributed by atoms with Crippen LogP contribution in [0.15, 0.2) is 55.6 Å². The summed E-state index contributed by atoms with van der Waals surface area (Å²) in [7, 11) is 0. The van der Waals surface area contributed by atoms with E-state index in [4.69, 9.17) is 9.47 Å². The molecule has 0 atom stereocenters. The predicted molar refractivity (Wildman–Crippen MR) is 80.1 cm³/mol. The van der Waals surface area contributed by atoms with Crippen LogP contribution in [0.3, 0.4) is 0 Å². The van der Waals surface area contributed by atoms with Crippen LogP contribution in [0, 0.1) is 6.92 Å². The van der Waals surface area contributed by atoms with Crippen LogP contribution in [0.1, 0.15) is 5.56 Å². The van der Waals surface area contributed by atoms with Gasteiger partial charge >= 0.3 is 0 Å². The number of hydrogen-bond acceptors (Lipinski definition) is 2. The van der Waals surface area contributed by atoms with E-state index in [0.29, 0.717) is 13.2 Å². The van der Waals surface area contributed by atoms with Gasteiger partial charge in [0, 0.05) is 10.8 Å². The molecule has 2 aromatic carbocycles. The average molecular weight is 254 g/mol. The summed E-state index contributed by atoms with van der Waals surface area (Å²) in [5.74, 6) is 1.75. The van der Waals surface area contributed by atoms with E-state index in [0.717, 1.165) is 27.8 Å². The number of fused-ring (bicyclic) bond motifs is 1. The molecular weight excluding hydrogens is 236 g/mol. The molecule has 0 bridgehead atoms. The van der Waals surface area contributed by atoms with Crippen molar-refractivity contribution < 1.29 is 9.47 Å². The van der Waals surface area contributed by atoms with E-state index < -0.39 is 0 Å². The lowest BCUT2D eigenvalue weighted by Crippen LogP contribution is -1.99. The summed E-state index contributed by atoms with van der Waals surface area (Å²) < 4.78 is 11.5. The average Bonchev–Trinajstić information content (AvgIpc) is 2.44. The molecule has 0 saturated heterocycles. The Hall–Kier alpha value is -2.22. The second kappa shape index (κ2) is 6.10. The Bertz CT molecular complexity index is 599. The van der Waals surface area contributed by atoms with Gasteiger partial charge in [-0.05, 0) is 18.6 Å². The van der Waals surface area contributed by atoms with Gasteiger partial charge in [0.05, 0.1) is 0 Å². The first-order valence-corrected chi connectivity index (χ1v) is 6.27. The van der Waals surface area contributed by atoms with Gasteiger partial charge in [-0.3, -0.25) is 0 Å². The van der Waals surface area contributed by atoms with Crippen LogP contribution in [-0.4, -0.2) is 13.2 Å². The topological polar surface area (TPSA) is 18.5 Å². The van der Waals surface area contributed by atoms with Gasteiger partial charge in [-0.1, -0.05) is 49.6 Å². The van der Waals surface area contributed by atoms with Gasteiger partial charge in [-0.2, -0.15) is 0 Å². The molecule has 0 aliphatic carbocycles. The molecular formula is C17H18O2. The van der Waals surface area contributed by atoms with Gasteiger partial charge in [0.25, 0.3) is 0 Å². The van der Waals surface area contributed by atoms with Crippen LogP contribution in [0.2, 0.25) is 0 Å². The third-order valence-electron chi connectivity index (χ3n) is 2.85. The second-order valence-corrected chi connectivity index (χ2v) is 4.27.